The second-order valence-electron chi connectivity index (χ2n) is 6.03. The Hall–Kier alpha value is -1.57. The Morgan fingerprint density at radius 3 is 2.64 bits per heavy atom. The summed E-state index contributed by atoms with van der Waals surface area (Å²) < 4.78 is 0. The molecule has 22 heavy (non-hydrogen) atoms. The molecule has 7 nitrogen and oxygen atoms in total. The van der Waals surface area contributed by atoms with Crippen LogP contribution in [0.5, 0.6) is 0 Å². The molecule has 3 fully saturated rings. The van der Waals surface area contributed by atoms with Crippen LogP contribution < -0.4 is 5.32 Å². The van der Waals surface area contributed by atoms with E-state index >= 15 is 0 Å². The first-order valence-electron chi connectivity index (χ1n) is 7.57. The molecule has 120 valence electrons. The van der Waals surface area contributed by atoms with Crippen molar-refractivity contribution in [3.63, 3.8) is 0 Å². The maximum absolute atomic E-state index is 12.1. The second-order valence-corrected chi connectivity index (χ2v) is 6.96. The molecule has 2 heterocycles. The van der Waals surface area contributed by atoms with Crippen molar-refractivity contribution in [3.05, 3.63) is 0 Å². The number of carbonyl (C=O) groups is 4. The van der Waals surface area contributed by atoms with Crippen LogP contribution in [0.1, 0.15) is 19.3 Å². The first kappa shape index (κ1) is 15.3. The number of nitrogens with one attached hydrogen (secondary N) is 1. The van der Waals surface area contributed by atoms with E-state index in [-0.39, 0.29) is 54.1 Å². The van der Waals surface area contributed by atoms with Gasteiger partial charge in [-0.2, -0.15) is 0 Å². The van der Waals surface area contributed by atoms with Crippen molar-refractivity contribution >= 4 is 34.7 Å². The Morgan fingerprint density at radius 2 is 2.00 bits per heavy atom. The topological polar surface area (TPSA) is 86.8 Å². The zero-order valence-electron chi connectivity index (χ0n) is 12.2. The molecule has 0 spiro atoms. The molecule has 1 N–H and O–H groups in total. The Morgan fingerprint density at radius 1 is 1.23 bits per heavy atom. The molecular weight excluding hydrogens is 306 g/mol. The molecule has 1 atom stereocenters. The van der Waals surface area contributed by atoms with E-state index in [9.17, 15) is 19.2 Å². The zero-order chi connectivity index (χ0) is 15.7. The first-order chi connectivity index (χ1) is 10.5. The fourth-order valence-electron chi connectivity index (χ4n) is 2.77. The molecule has 0 radical (unpaired) electrons. The number of amides is 4. The number of imide groups is 1. The van der Waals surface area contributed by atoms with Crippen molar-refractivity contribution in [2.75, 3.05) is 31.9 Å². The molecule has 4 amide bonds. The average Bonchev–Trinajstić information content (AvgIpc) is 3.15. The van der Waals surface area contributed by atoms with Crippen LogP contribution in [-0.2, 0) is 14.4 Å². The molecular formula is C14H19N3O4S. The molecule has 1 saturated carbocycles. The molecule has 2 saturated heterocycles. The molecule has 8 heteroatoms. The third-order valence-corrected chi connectivity index (χ3v) is 5.09. The van der Waals surface area contributed by atoms with Crippen LogP contribution in [0.2, 0.25) is 0 Å². The van der Waals surface area contributed by atoms with E-state index in [4.69, 9.17) is 0 Å². The molecule has 2 aliphatic heterocycles. The number of hydrogen-bond acceptors (Lipinski definition) is 5. The molecule has 1 aliphatic carbocycles. The largest absolute Gasteiger partial charge is 0.354 e. The monoisotopic (exact) mass is 325 g/mol. The lowest BCUT2D eigenvalue weighted by Crippen LogP contribution is -2.40. The minimum absolute atomic E-state index is 0.0494. The van der Waals surface area contributed by atoms with E-state index in [1.54, 1.807) is 4.90 Å². The number of rotatable bonds is 6. The van der Waals surface area contributed by atoms with Crippen molar-refractivity contribution in [3.8, 4) is 0 Å². The van der Waals surface area contributed by atoms with Gasteiger partial charge < -0.3 is 10.2 Å². The summed E-state index contributed by atoms with van der Waals surface area (Å²) in [6.07, 6.45) is 2.61. The van der Waals surface area contributed by atoms with Crippen LogP contribution in [0.15, 0.2) is 0 Å². The molecule has 3 aliphatic rings. The maximum Gasteiger partial charge on any atom is 0.288 e. The van der Waals surface area contributed by atoms with Crippen LogP contribution in [0.25, 0.3) is 0 Å². The summed E-state index contributed by atoms with van der Waals surface area (Å²) >= 11 is 0.983. The second kappa shape index (κ2) is 6.28. The van der Waals surface area contributed by atoms with E-state index in [1.807, 2.05) is 0 Å². The fraction of sp³-hybridized carbons (Fsp3) is 0.714. The summed E-state index contributed by atoms with van der Waals surface area (Å²) in [6.45, 7) is 1.70. The van der Waals surface area contributed by atoms with Crippen LogP contribution >= 0.6 is 11.8 Å². The third kappa shape index (κ3) is 3.43. The van der Waals surface area contributed by atoms with Gasteiger partial charge in [0, 0.05) is 32.6 Å². The fourth-order valence-corrected chi connectivity index (χ4v) is 3.52. The lowest BCUT2D eigenvalue weighted by molar-refractivity contribution is -0.129. The van der Waals surface area contributed by atoms with Crippen molar-refractivity contribution in [1.29, 1.82) is 0 Å². The lowest BCUT2D eigenvalue weighted by Gasteiger charge is -2.17. The highest BCUT2D eigenvalue weighted by Crippen LogP contribution is 2.32. The standard InChI is InChI=1S/C14H19N3O4S/c18-11-5-10(7-16(11)6-9-1-2-9)13(20)15-3-4-17-12(19)8-22-14(17)21/h9-10H,1-8H2,(H,15,20). The van der Waals surface area contributed by atoms with Gasteiger partial charge in [0.2, 0.25) is 17.7 Å². The predicted molar refractivity (Wildman–Crippen MR) is 80.0 cm³/mol. The van der Waals surface area contributed by atoms with Crippen molar-refractivity contribution in [2.45, 2.75) is 19.3 Å². The minimum atomic E-state index is -0.314. The highest BCUT2D eigenvalue weighted by Gasteiger charge is 2.37. The van der Waals surface area contributed by atoms with Crippen LogP contribution in [0, 0.1) is 11.8 Å². The molecule has 3 rings (SSSR count). The van der Waals surface area contributed by atoms with Gasteiger partial charge in [-0.25, -0.2) is 0 Å². The normalized spacial score (nSPS) is 25.3. The first-order valence-corrected chi connectivity index (χ1v) is 8.55. The summed E-state index contributed by atoms with van der Waals surface area (Å²) in [5.41, 5.74) is 0. The molecule has 0 aromatic rings. The molecule has 0 bridgehead atoms. The van der Waals surface area contributed by atoms with Gasteiger partial charge in [-0.3, -0.25) is 24.1 Å². The van der Waals surface area contributed by atoms with Crippen molar-refractivity contribution in [1.82, 2.24) is 15.1 Å². The number of likely N-dealkylation sites (tertiary alicyclic amines) is 1. The van der Waals surface area contributed by atoms with Gasteiger partial charge in [0.25, 0.3) is 5.24 Å². The van der Waals surface area contributed by atoms with Gasteiger partial charge in [0.15, 0.2) is 0 Å². The lowest BCUT2D eigenvalue weighted by atomic mass is 10.1. The maximum atomic E-state index is 12.1. The van der Waals surface area contributed by atoms with Crippen molar-refractivity contribution < 1.29 is 19.2 Å². The van der Waals surface area contributed by atoms with E-state index in [1.165, 1.54) is 12.8 Å². The highest BCUT2D eigenvalue weighted by molar-refractivity contribution is 8.14. The van der Waals surface area contributed by atoms with Crippen LogP contribution in [0.3, 0.4) is 0 Å². The summed E-state index contributed by atoms with van der Waals surface area (Å²) in [7, 11) is 0. The smallest absolute Gasteiger partial charge is 0.288 e. The molecule has 0 aromatic carbocycles. The van der Waals surface area contributed by atoms with Crippen LogP contribution in [-0.4, -0.2) is 64.7 Å². The minimum Gasteiger partial charge on any atom is -0.354 e. The van der Waals surface area contributed by atoms with Gasteiger partial charge >= 0.3 is 0 Å². The van der Waals surface area contributed by atoms with Gasteiger partial charge in [-0.15, -0.1) is 0 Å². The Labute approximate surface area is 132 Å². The summed E-state index contributed by atoms with van der Waals surface area (Å²) in [5, 5.41) is 2.47. The Balaban J connectivity index is 1.41. The average molecular weight is 325 g/mol. The summed E-state index contributed by atoms with van der Waals surface area (Å²) in [4.78, 5) is 49.7. The van der Waals surface area contributed by atoms with E-state index in [0.29, 0.717) is 12.5 Å². The van der Waals surface area contributed by atoms with Gasteiger partial charge in [0.1, 0.15) is 0 Å². The van der Waals surface area contributed by atoms with Gasteiger partial charge in [0.05, 0.1) is 11.7 Å². The quantitative estimate of drug-likeness (QED) is 0.746. The van der Waals surface area contributed by atoms with Gasteiger partial charge in [-0.1, -0.05) is 11.8 Å². The molecule has 1 unspecified atom stereocenters. The Kier molecular flexibility index (Phi) is 4.37. The SMILES string of the molecule is O=C(NCCN1C(=O)CSC1=O)C1CC(=O)N(CC2CC2)C1. The third-order valence-electron chi connectivity index (χ3n) is 4.24. The summed E-state index contributed by atoms with van der Waals surface area (Å²) in [6, 6.07) is 0. The van der Waals surface area contributed by atoms with Gasteiger partial charge in [-0.05, 0) is 18.8 Å². The number of hydrogen-bond donors (Lipinski definition) is 1. The van der Waals surface area contributed by atoms with Crippen LogP contribution in [0.4, 0.5) is 4.79 Å². The predicted octanol–water partition coefficient (Wildman–Crippen LogP) is 0.0565. The summed E-state index contributed by atoms with van der Waals surface area (Å²) in [5.74, 6) is 0.156. The van der Waals surface area contributed by atoms with Crippen molar-refractivity contribution in [2.24, 2.45) is 11.8 Å². The number of nitrogens with zero attached hydrogens (tertiary/aromatic N) is 2. The van der Waals surface area contributed by atoms with E-state index in [2.05, 4.69) is 5.32 Å². The Bertz CT molecular complexity index is 504. The zero-order valence-corrected chi connectivity index (χ0v) is 13.1. The number of thioether (sulfide) groups is 1. The highest BCUT2D eigenvalue weighted by atomic mass is 32.2. The number of carbonyl (C=O) groups excluding carboxylic acids is 4. The molecule has 0 aromatic heterocycles. The van der Waals surface area contributed by atoms with E-state index in [0.717, 1.165) is 23.2 Å². The van der Waals surface area contributed by atoms with E-state index < -0.39 is 0 Å².